The predicted octanol–water partition coefficient (Wildman–Crippen LogP) is 12.2. The Morgan fingerprint density at radius 2 is 1.04 bits per heavy atom. The molecule has 0 radical (unpaired) electrons. The van der Waals surface area contributed by atoms with Crippen LogP contribution in [0.2, 0.25) is 0 Å². The lowest BCUT2D eigenvalue weighted by Gasteiger charge is -2.24. The van der Waals surface area contributed by atoms with Gasteiger partial charge in [-0.1, -0.05) is 164 Å². The van der Waals surface area contributed by atoms with Crippen LogP contribution in [-0.2, 0) is 0 Å². The zero-order valence-electron chi connectivity index (χ0n) is 28.8. The number of benzene rings is 8. The van der Waals surface area contributed by atoms with E-state index in [4.69, 9.17) is 14.4 Å². The van der Waals surface area contributed by atoms with Crippen LogP contribution >= 0.6 is 0 Å². The minimum Gasteiger partial charge on any atom is -0.456 e. The third-order valence-electron chi connectivity index (χ3n) is 10.1. The van der Waals surface area contributed by atoms with Crippen molar-refractivity contribution in [2.24, 2.45) is 9.98 Å². The number of furan rings is 1. The van der Waals surface area contributed by atoms with Gasteiger partial charge in [0.05, 0.1) is 0 Å². The summed E-state index contributed by atoms with van der Waals surface area (Å²) in [5.74, 6) is 1.52. The molecule has 4 nitrogen and oxygen atoms in total. The molecule has 1 unspecified atom stereocenters. The van der Waals surface area contributed by atoms with Crippen molar-refractivity contribution in [3.05, 3.63) is 205 Å². The number of rotatable bonds is 6. The lowest BCUT2D eigenvalue weighted by molar-refractivity contribution is 0.669. The van der Waals surface area contributed by atoms with Crippen molar-refractivity contribution in [2.45, 2.75) is 6.17 Å². The van der Waals surface area contributed by atoms with Gasteiger partial charge < -0.3 is 9.73 Å². The monoisotopic (exact) mass is 679 g/mol. The fourth-order valence-corrected chi connectivity index (χ4v) is 7.59. The standard InChI is InChI=1S/C49H33N3O/c1-4-15-32(16-5-1)37-30-43(46-41-24-12-13-26-44(41)53-45(46)31-37)49-51-47(35-20-8-3-9-21-35)50-48(52-49)36-27-28-39(33-17-6-2-7-18-33)42(29-36)40-25-14-22-34-19-10-11-23-38(34)40/h1-31,48H,(H,50,51,52). The second kappa shape index (κ2) is 12.9. The van der Waals surface area contributed by atoms with Crippen LogP contribution in [0, 0.1) is 0 Å². The quantitative estimate of drug-likeness (QED) is 0.190. The molecule has 53 heavy (non-hydrogen) atoms. The van der Waals surface area contributed by atoms with Crippen LogP contribution in [0.3, 0.4) is 0 Å². The van der Waals surface area contributed by atoms with Gasteiger partial charge in [-0.25, -0.2) is 9.98 Å². The molecular formula is C49H33N3O. The molecule has 0 aliphatic carbocycles. The summed E-state index contributed by atoms with van der Waals surface area (Å²) < 4.78 is 6.51. The summed E-state index contributed by atoms with van der Waals surface area (Å²) in [4.78, 5) is 10.7. The van der Waals surface area contributed by atoms with Crippen LogP contribution < -0.4 is 5.32 Å². The average Bonchev–Trinajstić information content (AvgIpc) is 3.62. The average molecular weight is 680 g/mol. The molecule has 2 heterocycles. The van der Waals surface area contributed by atoms with Crippen molar-refractivity contribution in [1.29, 1.82) is 0 Å². The van der Waals surface area contributed by atoms with Crippen molar-refractivity contribution in [1.82, 2.24) is 5.32 Å². The van der Waals surface area contributed by atoms with Gasteiger partial charge in [0.2, 0.25) is 0 Å². The SMILES string of the molecule is c1ccc(C2=NC(c3ccc(-c4ccccc4)c(-c4cccc5ccccc45)c3)N=C(c3cc(-c4ccccc4)cc4oc5ccccc5c34)N2)cc1. The van der Waals surface area contributed by atoms with E-state index in [1.54, 1.807) is 0 Å². The lowest BCUT2D eigenvalue weighted by atomic mass is 9.89. The number of hydrogen-bond acceptors (Lipinski definition) is 4. The number of nitrogens with one attached hydrogen (secondary N) is 1. The Morgan fingerprint density at radius 1 is 0.396 bits per heavy atom. The molecule has 1 N–H and O–H groups in total. The van der Waals surface area contributed by atoms with Gasteiger partial charge in [0.1, 0.15) is 22.8 Å². The fourth-order valence-electron chi connectivity index (χ4n) is 7.59. The summed E-state index contributed by atoms with van der Waals surface area (Å²) in [6.45, 7) is 0. The maximum atomic E-state index is 6.51. The summed E-state index contributed by atoms with van der Waals surface area (Å²) >= 11 is 0. The Kier molecular flexibility index (Phi) is 7.51. The Labute approximate surface area is 307 Å². The summed E-state index contributed by atoms with van der Waals surface area (Å²) in [5.41, 5.74) is 11.4. The maximum absolute atomic E-state index is 6.51. The number of nitrogens with zero attached hydrogens (tertiary/aromatic N) is 2. The number of amidine groups is 2. The second-order valence-electron chi connectivity index (χ2n) is 13.4. The molecule has 9 aromatic rings. The number of hydrogen-bond donors (Lipinski definition) is 1. The minimum absolute atomic E-state index is 0.506. The highest BCUT2D eigenvalue weighted by Crippen LogP contribution is 2.40. The Balaban J connectivity index is 1.21. The van der Waals surface area contributed by atoms with E-state index in [9.17, 15) is 0 Å². The second-order valence-corrected chi connectivity index (χ2v) is 13.4. The summed E-state index contributed by atoms with van der Waals surface area (Å²) in [6.07, 6.45) is -0.506. The minimum atomic E-state index is -0.506. The number of para-hydroxylation sites is 1. The first kappa shape index (κ1) is 30.8. The summed E-state index contributed by atoms with van der Waals surface area (Å²) in [6, 6.07) is 65.8. The third kappa shape index (κ3) is 5.58. The zero-order chi connectivity index (χ0) is 35.1. The van der Waals surface area contributed by atoms with E-state index < -0.39 is 6.17 Å². The molecule has 0 amide bonds. The van der Waals surface area contributed by atoms with Crippen molar-refractivity contribution in [2.75, 3.05) is 0 Å². The van der Waals surface area contributed by atoms with E-state index in [1.807, 2.05) is 36.4 Å². The van der Waals surface area contributed by atoms with Crippen molar-refractivity contribution in [3.63, 3.8) is 0 Å². The Morgan fingerprint density at radius 3 is 1.83 bits per heavy atom. The van der Waals surface area contributed by atoms with Crippen LogP contribution in [-0.4, -0.2) is 11.7 Å². The summed E-state index contributed by atoms with van der Waals surface area (Å²) in [7, 11) is 0. The van der Waals surface area contributed by atoms with Crippen LogP contribution in [0.25, 0.3) is 66.1 Å². The molecule has 0 fully saturated rings. The van der Waals surface area contributed by atoms with E-state index in [0.717, 1.165) is 72.6 Å². The van der Waals surface area contributed by atoms with E-state index in [0.29, 0.717) is 0 Å². The molecule has 10 rings (SSSR count). The van der Waals surface area contributed by atoms with Gasteiger partial charge in [-0.2, -0.15) is 0 Å². The van der Waals surface area contributed by atoms with E-state index in [1.165, 1.54) is 21.9 Å². The van der Waals surface area contributed by atoms with Gasteiger partial charge in [0.15, 0.2) is 6.17 Å². The van der Waals surface area contributed by atoms with Gasteiger partial charge >= 0.3 is 0 Å². The van der Waals surface area contributed by atoms with Crippen LogP contribution in [0.5, 0.6) is 0 Å². The highest BCUT2D eigenvalue weighted by molar-refractivity contribution is 6.24. The summed E-state index contributed by atoms with van der Waals surface area (Å²) in [5, 5.41) is 8.16. The molecular weight excluding hydrogens is 647 g/mol. The van der Waals surface area contributed by atoms with Crippen molar-refractivity contribution >= 4 is 44.4 Å². The fraction of sp³-hybridized carbons (Fsp3) is 0.0204. The normalized spacial score (nSPS) is 14.2. The van der Waals surface area contributed by atoms with E-state index in [-0.39, 0.29) is 0 Å². The molecule has 1 aromatic heterocycles. The number of fused-ring (bicyclic) bond motifs is 4. The molecule has 0 saturated heterocycles. The first-order chi connectivity index (χ1) is 26.3. The van der Waals surface area contributed by atoms with Gasteiger partial charge in [-0.15, -0.1) is 0 Å². The van der Waals surface area contributed by atoms with Crippen LogP contribution in [0.4, 0.5) is 0 Å². The van der Waals surface area contributed by atoms with Crippen molar-refractivity contribution < 1.29 is 4.42 Å². The highest BCUT2D eigenvalue weighted by Gasteiger charge is 2.25. The van der Waals surface area contributed by atoms with E-state index in [2.05, 4.69) is 157 Å². The molecule has 0 bridgehead atoms. The molecule has 0 spiro atoms. The molecule has 1 aliphatic rings. The molecule has 1 atom stereocenters. The van der Waals surface area contributed by atoms with E-state index >= 15 is 0 Å². The Hall–Kier alpha value is -7.04. The molecule has 250 valence electrons. The maximum Gasteiger partial charge on any atom is 0.169 e. The lowest BCUT2D eigenvalue weighted by Crippen LogP contribution is -2.36. The predicted molar refractivity (Wildman–Crippen MR) is 219 cm³/mol. The number of aliphatic imine (C=N–C) groups is 2. The highest BCUT2D eigenvalue weighted by atomic mass is 16.3. The van der Waals surface area contributed by atoms with Gasteiger partial charge in [0, 0.05) is 21.9 Å². The first-order valence-electron chi connectivity index (χ1n) is 17.9. The largest absolute Gasteiger partial charge is 0.456 e. The van der Waals surface area contributed by atoms with Gasteiger partial charge in [-0.05, 0) is 74.0 Å². The molecule has 4 heteroatoms. The van der Waals surface area contributed by atoms with Crippen molar-refractivity contribution in [3.8, 4) is 33.4 Å². The third-order valence-corrected chi connectivity index (χ3v) is 10.1. The Bertz CT molecular complexity index is 2850. The molecule has 0 saturated carbocycles. The molecule has 1 aliphatic heterocycles. The van der Waals surface area contributed by atoms with Crippen LogP contribution in [0.1, 0.15) is 22.9 Å². The van der Waals surface area contributed by atoms with Gasteiger partial charge in [0.25, 0.3) is 0 Å². The molecule has 8 aromatic carbocycles. The van der Waals surface area contributed by atoms with Gasteiger partial charge in [-0.3, -0.25) is 0 Å². The van der Waals surface area contributed by atoms with Crippen LogP contribution in [0.15, 0.2) is 202 Å². The topological polar surface area (TPSA) is 49.9 Å². The first-order valence-corrected chi connectivity index (χ1v) is 17.9. The zero-order valence-corrected chi connectivity index (χ0v) is 28.8. The smallest absolute Gasteiger partial charge is 0.169 e.